The first-order valence-corrected chi connectivity index (χ1v) is 8.22. The standard InChI is InChI=1S/C18H20N2OS/c1-4-22-18(21)20(17-11-7-15(3)8-12-17)13-19-16-9-5-14(2)6-10-16/h5-13H,4H2,1-3H3. The second-order valence-corrected chi connectivity index (χ2v) is 6.20. The molecule has 0 aliphatic carbocycles. The van der Waals surface area contributed by atoms with Crippen LogP contribution < -0.4 is 4.90 Å². The number of aryl methyl sites for hydroxylation is 2. The van der Waals surface area contributed by atoms with Gasteiger partial charge in [-0.1, -0.05) is 54.1 Å². The Balaban J connectivity index is 2.26. The summed E-state index contributed by atoms with van der Waals surface area (Å²) in [5.41, 5.74) is 4.01. The fraction of sp³-hybridized carbons (Fsp3) is 0.222. The number of thioether (sulfide) groups is 1. The van der Waals surface area contributed by atoms with Crippen molar-refractivity contribution in [3.63, 3.8) is 0 Å². The van der Waals surface area contributed by atoms with E-state index in [1.54, 1.807) is 11.2 Å². The number of carbonyl (C=O) groups excluding carboxylic acids is 1. The number of nitrogens with zero attached hydrogens (tertiary/aromatic N) is 2. The van der Waals surface area contributed by atoms with E-state index in [2.05, 4.69) is 4.99 Å². The van der Waals surface area contributed by atoms with Crippen LogP contribution in [-0.2, 0) is 0 Å². The van der Waals surface area contributed by atoms with Gasteiger partial charge in [0.15, 0.2) is 0 Å². The molecule has 114 valence electrons. The van der Waals surface area contributed by atoms with E-state index >= 15 is 0 Å². The van der Waals surface area contributed by atoms with Gasteiger partial charge in [-0.3, -0.25) is 9.69 Å². The van der Waals surface area contributed by atoms with Crippen molar-refractivity contribution in [1.29, 1.82) is 0 Å². The molecule has 0 unspecified atom stereocenters. The predicted octanol–water partition coefficient (Wildman–Crippen LogP) is 5.34. The highest BCUT2D eigenvalue weighted by Crippen LogP contribution is 2.20. The summed E-state index contributed by atoms with van der Waals surface area (Å²) in [5.74, 6) is 0.736. The van der Waals surface area contributed by atoms with Gasteiger partial charge in [-0.2, -0.15) is 0 Å². The van der Waals surface area contributed by atoms with Gasteiger partial charge in [0, 0.05) is 0 Å². The van der Waals surface area contributed by atoms with Crippen LogP contribution in [-0.4, -0.2) is 17.3 Å². The maximum atomic E-state index is 12.3. The molecule has 0 heterocycles. The van der Waals surface area contributed by atoms with Crippen molar-refractivity contribution < 1.29 is 4.79 Å². The zero-order valence-corrected chi connectivity index (χ0v) is 13.9. The van der Waals surface area contributed by atoms with Crippen molar-refractivity contribution in [1.82, 2.24) is 0 Å². The molecule has 0 atom stereocenters. The molecule has 3 nitrogen and oxygen atoms in total. The molecule has 0 bridgehead atoms. The molecule has 2 aromatic rings. The van der Waals surface area contributed by atoms with Gasteiger partial charge in [0.25, 0.3) is 5.24 Å². The van der Waals surface area contributed by atoms with Gasteiger partial charge in [0.1, 0.15) is 6.34 Å². The molecule has 0 fully saturated rings. The van der Waals surface area contributed by atoms with Crippen LogP contribution in [0.4, 0.5) is 16.2 Å². The van der Waals surface area contributed by atoms with Crippen molar-refractivity contribution in [2.45, 2.75) is 20.8 Å². The Morgan fingerprint density at radius 1 is 1.05 bits per heavy atom. The Morgan fingerprint density at radius 2 is 1.59 bits per heavy atom. The van der Waals surface area contributed by atoms with E-state index in [0.29, 0.717) is 0 Å². The highest BCUT2D eigenvalue weighted by molar-refractivity contribution is 8.13. The number of carbonyl (C=O) groups is 1. The first-order chi connectivity index (χ1) is 10.6. The van der Waals surface area contributed by atoms with Crippen LogP contribution >= 0.6 is 11.8 Å². The quantitative estimate of drug-likeness (QED) is 0.563. The first-order valence-electron chi connectivity index (χ1n) is 7.23. The SMILES string of the molecule is CCSC(=O)N(C=Nc1ccc(C)cc1)c1ccc(C)cc1. The lowest BCUT2D eigenvalue weighted by Gasteiger charge is -2.17. The summed E-state index contributed by atoms with van der Waals surface area (Å²) in [7, 11) is 0. The number of aliphatic imine (C=N–C) groups is 1. The molecule has 0 saturated heterocycles. The van der Waals surface area contributed by atoms with Gasteiger partial charge in [-0.05, 0) is 43.9 Å². The molecular weight excluding hydrogens is 292 g/mol. The lowest BCUT2D eigenvalue weighted by molar-refractivity contribution is 0.267. The van der Waals surface area contributed by atoms with Crippen molar-refractivity contribution >= 4 is 34.7 Å². The molecule has 2 aromatic carbocycles. The van der Waals surface area contributed by atoms with E-state index in [0.717, 1.165) is 22.7 Å². The predicted molar refractivity (Wildman–Crippen MR) is 96.5 cm³/mol. The largest absolute Gasteiger partial charge is 0.291 e. The van der Waals surface area contributed by atoms with Crippen LogP contribution in [0.5, 0.6) is 0 Å². The van der Waals surface area contributed by atoms with Crippen LogP contribution in [0.3, 0.4) is 0 Å². The highest BCUT2D eigenvalue weighted by Gasteiger charge is 2.13. The van der Waals surface area contributed by atoms with E-state index in [1.807, 2.05) is 69.3 Å². The van der Waals surface area contributed by atoms with Crippen LogP contribution in [0.25, 0.3) is 0 Å². The Kier molecular flexibility index (Phi) is 5.78. The molecule has 0 saturated carbocycles. The Bertz CT molecular complexity index is 648. The van der Waals surface area contributed by atoms with Crippen molar-refractivity contribution in [3.8, 4) is 0 Å². The molecule has 2 rings (SSSR count). The summed E-state index contributed by atoms with van der Waals surface area (Å²) in [5, 5.41) is -0.0257. The summed E-state index contributed by atoms with van der Waals surface area (Å²) >= 11 is 1.27. The van der Waals surface area contributed by atoms with E-state index in [9.17, 15) is 4.79 Å². The summed E-state index contributed by atoms with van der Waals surface area (Å²) in [4.78, 5) is 18.3. The number of hydrogen-bond donors (Lipinski definition) is 0. The van der Waals surface area contributed by atoms with Gasteiger partial charge >= 0.3 is 0 Å². The second-order valence-electron chi connectivity index (χ2n) is 4.98. The van der Waals surface area contributed by atoms with E-state index < -0.39 is 0 Å². The molecule has 0 radical (unpaired) electrons. The van der Waals surface area contributed by atoms with Gasteiger partial charge in [0.05, 0.1) is 11.4 Å². The Labute approximate surface area is 136 Å². The fourth-order valence-electron chi connectivity index (χ4n) is 1.87. The van der Waals surface area contributed by atoms with Gasteiger partial charge in [-0.15, -0.1) is 0 Å². The minimum atomic E-state index is -0.0257. The number of amides is 1. The monoisotopic (exact) mass is 312 g/mol. The van der Waals surface area contributed by atoms with Crippen LogP contribution in [0.2, 0.25) is 0 Å². The molecule has 0 aliphatic heterocycles. The summed E-state index contributed by atoms with van der Waals surface area (Å²) in [6, 6.07) is 15.7. The van der Waals surface area contributed by atoms with Gasteiger partial charge in [-0.25, -0.2) is 4.99 Å². The Hall–Kier alpha value is -2.07. The molecule has 0 N–H and O–H groups in total. The zero-order valence-electron chi connectivity index (χ0n) is 13.1. The number of benzene rings is 2. The van der Waals surface area contributed by atoms with Crippen molar-refractivity contribution in [2.75, 3.05) is 10.7 Å². The number of rotatable bonds is 4. The highest BCUT2D eigenvalue weighted by atomic mass is 32.2. The molecule has 0 aromatic heterocycles. The molecular formula is C18H20N2OS. The second kappa shape index (κ2) is 7.80. The summed E-state index contributed by atoms with van der Waals surface area (Å²) in [6.07, 6.45) is 1.60. The molecule has 0 aliphatic rings. The van der Waals surface area contributed by atoms with E-state index in [1.165, 1.54) is 17.3 Å². The van der Waals surface area contributed by atoms with E-state index in [4.69, 9.17) is 0 Å². The normalized spacial score (nSPS) is 10.9. The van der Waals surface area contributed by atoms with Crippen molar-refractivity contribution in [2.24, 2.45) is 4.99 Å². The zero-order chi connectivity index (χ0) is 15.9. The topological polar surface area (TPSA) is 32.7 Å². The average molecular weight is 312 g/mol. The fourth-order valence-corrected chi connectivity index (χ4v) is 2.41. The third kappa shape index (κ3) is 4.46. The summed E-state index contributed by atoms with van der Waals surface area (Å²) < 4.78 is 0. The number of anilines is 1. The maximum Gasteiger partial charge on any atom is 0.291 e. The lowest BCUT2D eigenvalue weighted by Crippen LogP contribution is -2.25. The Morgan fingerprint density at radius 3 is 2.14 bits per heavy atom. The minimum absolute atomic E-state index is 0.0257. The first kappa shape index (κ1) is 16.3. The molecule has 22 heavy (non-hydrogen) atoms. The van der Waals surface area contributed by atoms with Crippen molar-refractivity contribution in [3.05, 3.63) is 59.7 Å². The number of hydrogen-bond acceptors (Lipinski definition) is 3. The maximum absolute atomic E-state index is 12.3. The van der Waals surface area contributed by atoms with E-state index in [-0.39, 0.29) is 5.24 Å². The molecule has 0 spiro atoms. The minimum Gasteiger partial charge on any atom is -0.262 e. The smallest absolute Gasteiger partial charge is 0.262 e. The lowest BCUT2D eigenvalue weighted by atomic mass is 10.2. The van der Waals surface area contributed by atoms with Crippen LogP contribution in [0, 0.1) is 13.8 Å². The van der Waals surface area contributed by atoms with Crippen LogP contribution in [0.15, 0.2) is 53.5 Å². The van der Waals surface area contributed by atoms with Crippen LogP contribution in [0.1, 0.15) is 18.1 Å². The molecule has 4 heteroatoms. The third-order valence-corrected chi connectivity index (χ3v) is 3.87. The average Bonchev–Trinajstić information content (AvgIpc) is 2.51. The van der Waals surface area contributed by atoms with Gasteiger partial charge < -0.3 is 0 Å². The van der Waals surface area contributed by atoms with Gasteiger partial charge in [0.2, 0.25) is 0 Å². The molecule has 1 amide bonds. The third-order valence-electron chi connectivity index (χ3n) is 3.13. The summed E-state index contributed by atoms with van der Waals surface area (Å²) in [6.45, 7) is 6.03.